The van der Waals surface area contributed by atoms with Crippen LogP contribution in [0.1, 0.15) is 23.6 Å². The van der Waals surface area contributed by atoms with Crippen LogP contribution in [-0.4, -0.2) is 40.3 Å². The van der Waals surface area contributed by atoms with Crippen molar-refractivity contribution in [2.75, 3.05) is 18.4 Å². The number of morpholine rings is 1. The van der Waals surface area contributed by atoms with Crippen molar-refractivity contribution in [3.63, 3.8) is 0 Å². The number of anilines is 1. The number of aromatic nitrogens is 2. The van der Waals surface area contributed by atoms with Crippen LogP contribution in [0.15, 0.2) is 16.8 Å². The van der Waals surface area contributed by atoms with E-state index in [-0.39, 0.29) is 18.2 Å². The number of ether oxygens (including phenoxy) is 1. The maximum absolute atomic E-state index is 12.3. The second-order valence-corrected chi connectivity index (χ2v) is 6.92. The minimum Gasteiger partial charge on any atom is -0.367 e. The molecule has 1 N–H and O–H groups in total. The van der Waals surface area contributed by atoms with E-state index in [1.54, 1.807) is 16.2 Å². The molecule has 8 heteroatoms. The molecule has 3 heterocycles. The van der Waals surface area contributed by atoms with Crippen molar-refractivity contribution >= 4 is 33.8 Å². The highest BCUT2D eigenvalue weighted by Gasteiger charge is 2.30. The molecule has 0 aliphatic carbocycles. The van der Waals surface area contributed by atoms with Crippen molar-refractivity contribution in [2.45, 2.75) is 26.1 Å². The van der Waals surface area contributed by atoms with Gasteiger partial charge in [0.05, 0.1) is 12.6 Å². The van der Waals surface area contributed by atoms with Crippen LogP contribution < -0.4 is 5.32 Å². The zero-order valence-electron chi connectivity index (χ0n) is 11.8. The number of carbonyl (C=O) groups is 1. The highest BCUT2D eigenvalue weighted by atomic mass is 32.1. The van der Waals surface area contributed by atoms with Crippen molar-refractivity contribution in [1.82, 2.24) is 15.1 Å². The van der Waals surface area contributed by atoms with E-state index < -0.39 is 0 Å². The Morgan fingerprint density at radius 2 is 2.33 bits per heavy atom. The van der Waals surface area contributed by atoms with E-state index in [2.05, 4.69) is 20.9 Å². The Labute approximate surface area is 130 Å². The van der Waals surface area contributed by atoms with Gasteiger partial charge in [-0.05, 0) is 36.2 Å². The van der Waals surface area contributed by atoms with Crippen molar-refractivity contribution in [1.29, 1.82) is 0 Å². The summed E-state index contributed by atoms with van der Waals surface area (Å²) in [4.78, 5) is 14.1. The lowest BCUT2D eigenvalue weighted by Gasteiger charge is -2.36. The van der Waals surface area contributed by atoms with Crippen LogP contribution in [-0.2, 0) is 4.74 Å². The molecule has 0 bridgehead atoms. The SMILES string of the molecule is Cc1nnc(NC(=O)N2CC(C)OC(c3ccsc3)C2)s1. The average molecular weight is 324 g/mol. The number of hydrogen-bond donors (Lipinski definition) is 1. The second kappa shape index (κ2) is 6.08. The number of urea groups is 1. The fourth-order valence-corrected chi connectivity index (χ4v) is 3.56. The number of nitrogens with zero attached hydrogens (tertiary/aromatic N) is 3. The summed E-state index contributed by atoms with van der Waals surface area (Å²) in [6, 6.07) is 1.89. The lowest BCUT2D eigenvalue weighted by atomic mass is 10.1. The van der Waals surface area contributed by atoms with Crippen LogP contribution >= 0.6 is 22.7 Å². The fraction of sp³-hybridized carbons (Fsp3) is 0.462. The molecule has 0 spiro atoms. The summed E-state index contributed by atoms with van der Waals surface area (Å²) in [6.45, 7) is 4.96. The molecular formula is C13H16N4O2S2. The van der Waals surface area contributed by atoms with Gasteiger partial charge < -0.3 is 9.64 Å². The van der Waals surface area contributed by atoms with Gasteiger partial charge in [-0.3, -0.25) is 5.32 Å². The van der Waals surface area contributed by atoms with Crippen LogP contribution in [0.2, 0.25) is 0 Å². The monoisotopic (exact) mass is 324 g/mol. The smallest absolute Gasteiger partial charge is 0.323 e. The van der Waals surface area contributed by atoms with Crippen LogP contribution in [0.25, 0.3) is 0 Å². The first-order valence-electron chi connectivity index (χ1n) is 6.65. The van der Waals surface area contributed by atoms with Crippen molar-refractivity contribution in [3.8, 4) is 0 Å². The summed E-state index contributed by atoms with van der Waals surface area (Å²) in [5, 5.41) is 16.1. The van der Waals surface area contributed by atoms with E-state index >= 15 is 0 Å². The van der Waals surface area contributed by atoms with Gasteiger partial charge >= 0.3 is 6.03 Å². The molecule has 2 aromatic heterocycles. The van der Waals surface area contributed by atoms with Crippen LogP contribution in [0.5, 0.6) is 0 Å². The molecule has 1 saturated heterocycles. The summed E-state index contributed by atoms with van der Waals surface area (Å²) < 4.78 is 5.93. The molecule has 2 unspecified atom stereocenters. The van der Waals surface area contributed by atoms with Gasteiger partial charge in [-0.2, -0.15) is 11.3 Å². The molecule has 3 rings (SSSR count). The highest BCUT2D eigenvalue weighted by Crippen LogP contribution is 2.27. The number of carbonyl (C=O) groups excluding carboxylic acids is 1. The molecule has 0 saturated carbocycles. The molecule has 1 aliphatic rings. The largest absolute Gasteiger partial charge is 0.367 e. The summed E-state index contributed by atoms with van der Waals surface area (Å²) >= 11 is 3.00. The average Bonchev–Trinajstić information content (AvgIpc) is 3.10. The predicted octanol–water partition coefficient (Wildman–Crippen LogP) is 2.90. The molecule has 0 aromatic carbocycles. The Bertz CT molecular complexity index is 613. The minimum atomic E-state index is -0.151. The van der Waals surface area contributed by atoms with E-state index in [0.717, 1.165) is 10.6 Å². The molecular weight excluding hydrogens is 308 g/mol. The van der Waals surface area contributed by atoms with Crippen molar-refractivity contribution in [2.24, 2.45) is 0 Å². The molecule has 2 aromatic rings. The first kappa shape index (κ1) is 14.4. The summed E-state index contributed by atoms with van der Waals surface area (Å²) in [5.74, 6) is 0. The van der Waals surface area contributed by atoms with Crippen LogP contribution in [0.4, 0.5) is 9.93 Å². The topological polar surface area (TPSA) is 67.4 Å². The third-order valence-electron chi connectivity index (χ3n) is 3.20. The molecule has 2 atom stereocenters. The second-order valence-electron chi connectivity index (χ2n) is 4.95. The molecule has 1 aliphatic heterocycles. The molecule has 1 fully saturated rings. The fourth-order valence-electron chi connectivity index (χ4n) is 2.28. The number of amides is 2. The quantitative estimate of drug-likeness (QED) is 0.922. The van der Waals surface area contributed by atoms with E-state index in [9.17, 15) is 4.79 Å². The molecule has 6 nitrogen and oxygen atoms in total. The molecule has 112 valence electrons. The predicted molar refractivity (Wildman–Crippen MR) is 82.8 cm³/mol. The van der Waals surface area contributed by atoms with Crippen LogP contribution in [0.3, 0.4) is 0 Å². The number of thiophene rings is 1. The molecule has 2 amide bonds. The Kier molecular flexibility index (Phi) is 4.18. The lowest BCUT2D eigenvalue weighted by Crippen LogP contribution is -2.47. The zero-order valence-corrected chi connectivity index (χ0v) is 13.4. The third-order valence-corrected chi connectivity index (χ3v) is 4.66. The van der Waals surface area contributed by atoms with Gasteiger partial charge in [-0.25, -0.2) is 4.79 Å². The van der Waals surface area contributed by atoms with Gasteiger partial charge in [-0.15, -0.1) is 10.2 Å². The maximum atomic E-state index is 12.3. The van der Waals surface area contributed by atoms with E-state index in [0.29, 0.717) is 18.2 Å². The van der Waals surface area contributed by atoms with Gasteiger partial charge in [0.1, 0.15) is 11.1 Å². The van der Waals surface area contributed by atoms with E-state index in [1.165, 1.54) is 11.3 Å². The Morgan fingerprint density at radius 1 is 1.48 bits per heavy atom. The number of rotatable bonds is 2. The number of nitrogens with one attached hydrogen (secondary N) is 1. The third kappa shape index (κ3) is 3.39. The summed E-state index contributed by atoms with van der Waals surface area (Å²) in [6.07, 6.45) is -0.0625. The highest BCUT2D eigenvalue weighted by molar-refractivity contribution is 7.15. The van der Waals surface area contributed by atoms with Gasteiger partial charge in [0.25, 0.3) is 0 Å². The normalized spacial score (nSPS) is 22.3. The summed E-state index contributed by atoms with van der Waals surface area (Å²) in [5.41, 5.74) is 1.12. The standard InChI is InChI=1S/C13H16N4O2S2/c1-8-5-17(6-11(19-8)10-3-4-20-7-10)13(18)14-12-16-15-9(2)21-12/h3-4,7-8,11H,5-6H2,1-2H3,(H,14,16,18). The Balaban J connectivity index is 1.67. The van der Waals surface area contributed by atoms with Gasteiger partial charge in [0, 0.05) is 6.54 Å². The lowest BCUT2D eigenvalue weighted by molar-refractivity contribution is -0.0640. The number of hydrogen-bond acceptors (Lipinski definition) is 6. The van der Waals surface area contributed by atoms with Gasteiger partial charge in [-0.1, -0.05) is 11.3 Å². The van der Waals surface area contributed by atoms with Crippen molar-refractivity contribution < 1.29 is 9.53 Å². The number of aryl methyl sites for hydroxylation is 1. The summed E-state index contributed by atoms with van der Waals surface area (Å²) in [7, 11) is 0. The van der Waals surface area contributed by atoms with Crippen LogP contribution in [0, 0.1) is 6.92 Å². The van der Waals surface area contributed by atoms with E-state index in [1.807, 2.05) is 25.3 Å². The molecule has 21 heavy (non-hydrogen) atoms. The minimum absolute atomic E-state index is 0.00514. The first-order chi connectivity index (χ1) is 10.1. The van der Waals surface area contributed by atoms with Crippen molar-refractivity contribution in [3.05, 3.63) is 27.4 Å². The van der Waals surface area contributed by atoms with Gasteiger partial charge in [0.2, 0.25) is 5.13 Å². The zero-order chi connectivity index (χ0) is 14.8. The maximum Gasteiger partial charge on any atom is 0.323 e. The van der Waals surface area contributed by atoms with E-state index in [4.69, 9.17) is 4.74 Å². The first-order valence-corrected chi connectivity index (χ1v) is 8.41. The Morgan fingerprint density at radius 3 is 3.00 bits per heavy atom. The van der Waals surface area contributed by atoms with Gasteiger partial charge in [0.15, 0.2) is 0 Å². The molecule has 0 radical (unpaired) electrons. The Hall–Kier alpha value is -1.51.